The predicted octanol–water partition coefficient (Wildman–Crippen LogP) is 2.85. The molecule has 0 aliphatic carbocycles. The van der Waals surface area contributed by atoms with Gasteiger partial charge in [0.05, 0.1) is 5.69 Å². The first-order chi connectivity index (χ1) is 13.5. The summed E-state index contributed by atoms with van der Waals surface area (Å²) in [5, 5.41) is 2.83. The van der Waals surface area contributed by atoms with Crippen molar-refractivity contribution in [2.45, 2.75) is 20.0 Å². The number of rotatable bonds is 4. The van der Waals surface area contributed by atoms with E-state index < -0.39 is 6.10 Å². The highest BCUT2D eigenvalue weighted by Gasteiger charge is 2.37. The zero-order chi connectivity index (χ0) is 19.7. The van der Waals surface area contributed by atoms with Gasteiger partial charge in [-0.15, -0.1) is 0 Å². The second kappa shape index (κ2) is 7.42. The summed E-state index contributed by atoms with van der Waals surface area (Å²) in [7, 11) is 0. The van der Waals surface area contributed by atoms with Crippen molar-refractivity contribution in [1.82, 2.24) is 0 Å². The van der Waals surface area contributed by atoms with Gasteiger partial charge in [0.2, 0.25) is 5.91 Å². The Hall–Kier alpha value is -3.22. The molecule has 0 saturated heterocycles. The molecule has 0 saturated carbocycles. The average molecular weight is 382 g/mol. The molecule has 0 spiro atoms. The number of fused-ring (bicyclic) bond motifs is 2. The van der Waals surface area contributed by atoms with E-state index in [1.807, 2.05) is 32.0 Å². The van der Waals surface area contributed by atoms with Crippen LogP contribution in [0.1, 0.15) is 13.8 Å². The fourth-order valence-electron chi connectivity index (χ4n) is 3.29. The summed E-state index contributed by atoms with van der Waals surface area (Å²) >= 11 is 0. The Balaban J connectivity index is 1.52. The summed E-state index contributed by atoms with van der Waals surface area (Å²) in [6.07, 6.45) is -0.614. The van der Waals surface area contributed by atoms with Crippen molar-refractivity contribution in [1.29, 1.82) is 0 Å². The number of benzene rings is 2. The van der Waals surface area contributed by atoms with Gasteiger partial charge >= 0.3 is 0 Å². The molecule has 7 nitrogen and oxygen atoms in total. The molecule has 0 bridgehead atoms. The van der Waals surface area contributed by atoms with Crippen molar-refractivity contribution >= 4 is 23.2 Å². The lowest BCUT2D eigenvalue weighted by atomic mass is 10.0. The van der Waals surface area contributed by atoms with Crippen LogP contribution in [0.2, 0.25) is 0 Å². The fraction of sp³-hybridized carbons (Fsp3) is 0.333. The smallest absolute Gasteiger partial charge is 0.268 e. The van der Waals surface area contributed by atoms with Crippen molar-refractivity contribution in [3.8, 4) is 17.2 Å². The molecule has 2 amide bonds. The van der Waals surface area contributed by atoms with Gasteiger partial charge in [0.1, 0.15) is 25.5 Å². The van der Waals surface area contributed by atoms with E-state index in [1.165, 1.54) is 4.90 Å². The molecule has 0 radical (unpaired) electrons. The van der Waals surface area contributed by atoms with Gasteiger partial charge in [-0.3, -0.25) is 14.5 Å². The maximum absolute atomic E-state index is 12.9. The number of nitrogens with zero attached hydrogens (tertiary/aromatic N) is 1. The number of carbonyl (C=O) groups excluding carboxylic acids is 2. The summed E-state index contributed by atoms with van der Waals surface area (Å²) in [6, 6.07) is 12.5. The maximum atomic E-state index is 12.9. The highest BCUT2D eigenvalue weighted by Crippen LogP contribution is 2.36. The van der Waals surface area contributed by atoms with Crippen LogP contribution in [-0.2, 0) is 9.59 Å². The van der Waals surface area contributed by atoms with Crippen LogP contribution in [0.5, 0.6) is 17.2 Å². The van der Waals surface area contributed by atoms with Gasteiger partial charge in [0, 0.05) is 11.8 Å². The second-order valence-corrected chi connectivity index (χ2v) is 7.08. The molecule has 7 heteroatoms. The number of anilines is 2. The summed E-state index contributed by atoms with van der Waals surface area (Å²) in [5.74, 6) is 1.32. The van der Waals surface area contributed by atoms with Gasteiger partial charge in [-0.25, -0.2) is 0 Å². The van der Waals surface area contributed by atoms with Crippen LogP contribution in [0, 0.1) is 5.92 Å². The summed E-state index contributed by atoms with van der Waals surface area (Å²) in [4.78, 5) is 27.0. The predicted molar refractivity (Wildman–Crippen MR) is 104 cm³/mol. The third kappa shape index (κ3) is 3.47. The molecule has 28 heavy (non-hydrogen) atoms. The van der Waals surface area contributed by atoms with E-state index in [2.05, 4.69) is 5.32 Å². The first kappa shape index (κ1) is 18.2. The quantitative estimate of drug-likeness (QED) is 0.880. The zero-order valence-electron chi connectivity index (χ0n) is 15.8. The normalized spacial score (nSPS) is 17.8. The largest absolute Gasteiger partial charge is 0.486 e. The number of hydrogen-bond donors (Lipinski definition) is 1. The third-order valence-electron chi connectivity index (χ3n) is 4.65. The van der Waals surface area contributed by atoms with Gasteiger partial charge in [0.15, 0.2) is 17.6 Å². The lowest BCUT2D eigenvalue weighted by molar-refractivity contribution is -0.129. The Morgan fingerprint density at radius 3 is 2.64 bits per heavy atom. The molecular formula is C21H22N2O5. The van der Waals surface area contributed by atoms with Gasteiger partial charge in [-0.2, -0.15) is 0 Å². The fourth-order valence-corrected chi connectivity index (χ4v) is 3.29. The Kier molecular flexibility index (Phi) is 4.81. The molecule has 2 aromatic carbocycles. The Bertz CT molecular complexity index is 911. The minimum absolute atomic E-state index is 0.00999. The summed E-state index contributed by atoms with van der Waals surface area (Å²) in [6.45, 7) is 4.72. The molecule has 0 aromatic heterocycles. The molecule has 2 aromatic rings. The topological polar surface area (TPSA) is 77.1 Å². The van der Waals surface area contributed by atoms with Crippen molar-refractivity contribution < 1.29 is 23.8 Å². The van der Waals surface area contributed by atoms with E-state index in [0.29, 0.717) is 41.8 Å². The molecule has 1 atom stereocenters. The van der Waals surface area contributed by atoms with E-state index in [9.17, 15) is 9.59 Å². The lowest BCUT2D eigenvalue weighted by Gasteiger charge is -2.35. The van der Waals surface area contributed by atoms with Crippen LogP contribution in [0.3, 0.4) is 0 Å². The van der Waals surface area contributed by atoms with Crippen molar-refractivity contribution in [3.63, 3.8) is 0 Å². The van der Waals surface area contributed by atoms with E-state index in [1.54, 1.807) is 24.3 Å². The number of ether oxygens (including phenoxy) is 3. The molecule has 1 unspecified atom stereocenters. The standard InChI is InChI=1S/C21H22N2O5/c1-13(2)20-21(25)23(15-5-3-4-6-16(15)28-20)12-19(24)22-14-7-8-17-18(11-14)27-10-9-26-17/h3-8,11,13,20H,9-10,12H2,1-2H3,(H,22,24). The van der Waals surface area contributed by atoms with Gasteiger partial charge in [-0.1, -0.05) is 26.0 Å². The average Bonchev–Trinajstić information content (AvgIpc) is 2.69. The Morgan fingerprint density at radius 2 is 1.86 bits per heavy atom. The third-order valence-corrected chi connectivity index (χ3v) is 4.65. The van der Waals surface area contributed by atoms with Crippen LogP contribution in [0.4, 0.5) is 11.4 Å². The van der Waals surface area contributed by atoms with E-state index >= 15 is 0 Å². The molecular weight excluding hydrogens is 360 g/mol. The van der Waals surface area contributed by atoms with E-state index in [-0.39, 0.29) is 24.3 Å². The van der Waals surface area contributed by atoms with E-state index in [0.717, 1.165) is 0 Å². The van der Waals surface area contributed by atoms with Gasteiger partial charge < -0.3 is 19.5 Å². The molecule has 1 N–H and O–H groups in total. The minimum atomic E-state index is -0.614. The van der Waals surface area contributed by atoms with Crippen LogP contribution < -0.4 is 24.4 Å². The van der Waals surface area contributed by atoms with Crippen molar-refractivity contribution in [2.75, 3.05) is 30.0 Å². The first-order valence-corrected chi connectivity index (χ1v) is 9.29. The molecule has 2 aliphatic rings. The molecule has 4 rings (SSSR count). The molecule has 146 valence electrons. The highest BCUT2D eigenvalue weighted by atomic mass is 16.6. The van der Waals surface area contributed by atoms with Crippen LogP contribution in [-0.4, -0.2) is 37.7 Å². The number of nitrogens with one attached hydrogen (secondary N) is 1. The van der Waals surface area contributed by atoms with Crippen molar-refractivity contribution in [3.05, 3.63) is 42.5 Å². The van der Waals surface area contributed by atoms with Gasteiger partial charge in [0.25, 0.3) is 5.91 Å². The summed E-state index contributed by atoms with van der Waals surface area (Å²) < 4.78 is 16.9. The highest BCUT2D eigenvalue weighted by molar-refractivity contribution is 6.06. The number of para-hydroxylation sites is 2. The number of hydrogen-bond acceptors (Lipinski definition) is 5. The summed E-state index contributed by atoms with van der Waals surface area (Å²) in [5.41, 5.74) is 1.19. The lowest BCUT2D eigenvalue weighted by Crippen LogP contribution is -2.50. The molecule has 2 heterocycles. The number of carbonyl (C=O) groups is 2. The first-order valence-electron chi connectivity index (χ1n) is 9.29. The monoisotopic (exact) mass is 382 g/mol. The number of amides is 2. The van der Waals surface area contributed by atoms with Crippen LogP contribution in [0.15, 0.2) is 42.5 Å². The maximum Gasteiger partial charge on any atom is 0.268 e. The van der Waals surface area contributed by atoms with Crippen LogP contribution in [0.25, 0.3) is 0 Å². The van der Waals surface area contributed by atoms with Crippen molar-refractivity contribution in [2.24, 2.45) is 5.92 Å². The molecule has 2 aliphatic heterocycles. The zero-order valence-corrected chi connectivity index (χ0v) is 15.8. The Morgan fingerprint density at radius 1 is 1.11 bits per heavy atom. The van der Waals surface area contributed by atoms with E-state index in [4.69, 9.17) is 14.2 Å². The van der Waals surface area contributed by atoms with Gasteiger partial charge in [-0.05, 0) is 30.2 Å². The van der Waals surface area contributed by atoms with Crippen LogP contribution >= 0.6 is 0 Å². The SMILES string of the molecule is CC(C)C1Oc2ccccc2N(CC(=O)Nc2ccc3c(c2)OCCO3)C1=O. The Labute approximate surface area is 163 Å². The minimum Gasteiger partial charge on any atom is -0.486 e. The molecule has 0 fully saturated rings. The second-order valence-electron chi connectivity index (χ2n) is 7.08.